The molecule has 0 amide bonds. The number of carboxylic acid groups (broad SMARTS) is 1. The molecule has 1 aliphatic heterocycles. The van der Waals surface area contributed by atoms with Gasteiger partial charge in [0.15, 0.2) is 17.4 Å². The molecule has 6 aromatic rings. The molecule has 0 aromatic carbocycles. The fraction of sp³-hybridized carbons (Fsp3) is 0.389. The topological polar surface area (TPSA) is 143 Å². The normalized spacial score (nSPS) is 14.8. The Morgan fingerprint density at radius 2 is 1.27 bits per heavy atom. The molecule has 2 aliphatic carbocycles. The average Bonchev–Trinajstić information content (AvgIpc) is 3.72. The van der Waals surface area contributed by atoms with Crippen molar-refractivity contribution in [3.8, 4) is 0 Å². The van der Waals surface area contributed by atoms with Crippen molar-refractivity contribution in [1.29, 1.82) is 0 Å². The summed E-state index contributed by atoms with van der Waals surface area (Å²) in [5.41, 5.74) is 7.01. The maximum absolute atomic E-state index is 11.7. The Labute approximate surface area is 319 Å². The number of carboxylic acids is 1. The zero-order chi connectivity index (χ0) is 33.7. The summed E-state index contributed by atoms with van der Waals surface area (Å²) in [5.74, 6) is 0.126. The van der Waals surface area contributed by atoms with Crippen molar-refractivity contribution in [3.05, 3.63) is 107 Å². The average molecular weight is 703 g/mol. The standard InChI is InChI=1S/C17H18N4O2.C15H14N4O2.C4H8O.Al.Li.4H/c1-2-23-17(22)14-7-18-21(9-14)11-15-10-20-8-13(12-3-4-12)5-6-16(20)19-15;20-15(21)12-5-16-19(7-12)9-13-8-18-6-11(10-1-2-10)3-4-14(18)17-13;1-2-4-5-3-1;;;;;;/h5-10,12H,2-4,11H2,1H3;3-8,10H,1-2,9H2,(H,20,21);1-4H2;;;;;;/q;;;;+1;;;;-1. The maximum atomic E-state index is 11.7. The summed E-state index contributed by atoms with van der Waals surface area (Å²) >= 11 is 0. The predicted molar refractivity (Wildman–Crippen MR) is 191 cm³/mol. The van der Waals surface area contributed by atoms with Gasteiger partial charge in [0.1, 0.15) is 11.3 Å². The first-order chi connectivity index (χ1) is 23.9. The van der Waals surface area contributed by atoms with Gasteiger partial charge in [0.05, 0.1) is 54.6 Å². The molecule has 13 nitrogen and oxygen atoms in total. The Bertz CT molecular complexity index is 2080. The van der Waals surface area contributed by atoms with Crippen molar-refractivity contribution in [1.82, 2.24) is 38.3 Å². The third kappa shape index (κ3) is 10.0. The van der Waals surface area contributed by atoms with Crippen LogP contribution in [-0.2, 0) is 22.6 Å². The Hall–Kier alpha value is -4.17. The smallest absolute Gasteiger partial charge is 1.00 e. The fourth-order valence-electron chi connectivity index (χ4n) is 5.76. The van der Waals surface area contributed by atoms with Gasteiger partial charge in [-0.15, -0.1) is 0 Å². The van der Waals surface area contributed by atoms with Gasteiger partial charge in [-0.05, 0) is 80.5 Å². The largest absolute Gasteiger partial charge is 1.00 e. The van der Waals surface area contributed by atoms with Crippen molar-refractivity contribution in [2.75, 3.05) is 19.8 Å². The number of aromatic nitrogens is 8. The van der Waals surface area contributed by atoms with E-state index in [1.165, 1.54) is 68.2 Å². The van der Waals surface area contributed by atoms with Crippen molar-refractivity contribution in [3.63, 3.8) is 0 Å². The minimum Gasteiger partial charge on any atom is -1.00 e. The van der Waals surface area contributed by atoms with Gasteiger partial charge in [0.25, 0.3) is 0 Å². The molecule has 0 atom stereocenters. The monoisotopic (exact) mass is 702 g/mol. The molecule has 15 heteroatoms. The van der Waals surface area contributed by atoms with Crippen LogP contribution in [0.2, 0.25) is 0 Å². The Morgan fingerprint density at radius 3 is 1.69 bits per heavy atom. The minimum absolute atomic E-state index is 0. The zero-order valence-electron chi connectivity index (χ0n) is 29.5. The van der Waals surface area contributed by atoms with E-state index in [2.05, 4.69) is 55.2 Å². The number of rotatable bonds is 9. The van der Waals surface area contributed by atoms with Gasteiger partial charge < -0.3 is 24.8 Å². The third-order valence-electron chi connectivity index (χ3n) is 8.65. The summed E-state index contributed by atoms with van der Waals surface area (Å²) in [6, 6.07) is 8.39. The van der Waals surface area contributed by atoms with Crippen LogP contribution in [0.5, 0.6) is 0 Å². The number of ether oxygens (including phenoxy) is 2. The van der Waals surface area contributed by atoms with E-state index in [-0.39, 0.29) is 49.2 Å². The Balaban J connectivity index is 0.000000195. The molecule has 1 saturated heterocycles. The van der Waals surface area contributed by atoms with Crippen LogP contribution in [0.3, 0.4) is 0 Å². The Kier molecular flexibility index (Phi) is 13.0. The molecule has 3 fully saturated rings. The van der Waals surface area contributed by atoms with Crippen molar-refractivity contribution in [2.24, 2.45) is 0 Å². The van der Waals surface area contributed by atoms with E-state index in [1.54, 1.807) is 22.5 Å². The first kappa shape index (κ1) is 38.1. The van der Waals surface area contributed by atoms with Gasteiger partial charge in [-0.25, -0.2) is 19.6 Å². The molecule has 0 unspecified atom stereocenters. The van der Waals surface area contributed by atoms with Crippen molar-refractivity contribution >= 4 is 40.6 Å². The molecule has 9 rings (SSSR count). The number of aromatic carboxylic acids is 1. The van der Waals surface area contributed by atoms with Crippen LogP contribution >= 0.6 is 0 Å². The molecule has 1 N–H and O–H groups in total. The molecular weight excluding hydrogens is 658 g/mol. The molecule has 0 bridgehead atoms. The van der Waals surface area contributed by atoms with Gasteiger partial charge in [-0.1, -0.05) is 12.1 Å². The number of carbonyl (C=O) groups excluding carboxylic acids is 1. The second-order valence-electron chi connectivity index (χ2n) is 12.7. The van der Waals surface area contributed by atoms with Crippen LogP contribution in [0.1, 0.15) is 102 Å². The van der Waals surface area contributed by atoms with Crippen LogP contribution < -0.4 is 18.9 Å². The second kappa shape index (κ2) is 17.4. The molecule has 0 radical (unpaired) electrons. The van der Waals surface area contributed by atoms with Gasteiger partial charge >= 0.3 is 30.8 Å². The van der Waals surface area contributed by atoms with E-state index in [0.717, 1.165) is 41.8 Å². The number of imidazole rings is 2. The van der Waals surface area contributed by atoms with E-state index in [4.69, 9.17) is 14.6 Å². The van der Waals surface area contributed by atoms with Gasteiger partial charge in [-0.2, -0.15) is 10.2 Å². The molecule has 7 heterocycles. The summed E-state index contributed by atoms with van der Waals surface area (Å²) < 4.78 is 17.3. The molecule has 0 spiro atoms. The predicted octanol–water partition coefficient (Wildman–Crippen LogP) is 1.52. The summed E-state index contributed by atoms with van der Waals surface area (Å²) in [6.45, 7) is 5.14. The molecule has 3 aliphatic rings. The van der Waals surface area contributed by atoms with Gasteiger partial charge in [-0.3, -0.25) is 9.36 Å². The van der Waals surface area contributed by atoms with E-state index < -0.39 is 5.97 Å². The minimum atomic E-state index is -0.967. The molecule has 2 saturated carbocycles. The van der Waals surface area contributed by atoms with Crippen LogP contribution in [0.15, 0.2) is 73.8 Å². The number of hydrogen-bond donors (Lipinski definition) is 1. The number of pyridine rings is 2. The van der Waals surface area contributed by atoms with Crippen LogP contribution in [-0.4, -0.2) is 92.6 Å². The quantitative estimate of drug-likeness (QED) is 0.175. The molecule has 51 heavy (non-hydrogen) atoms. The molecular formula is C36H44AlLiN8O5. The second-order valence-corrected chi connectivity index (χ2v) is 12.7. The van der Waals surface area contributed by atoms with Gasteiger partial charge in [0, 0.05) is 50.4 Å². The SMILES string of the molecule is C1CCOC1.CCOC(=O)c1cnn(Cc2cn3cc(C4CC4)ccc3n2)c1.O=C(O)c1cnn(Cc2cn3cc(C4CC4)ccc3n2)c1.[AlH3].[H-].[Li+]. The molecule has 6 aromatic heterocycles. The first-order valence-electron chi connectivity index (χ1n) is 16.9. The summed E-state index contributed by atoms with van der Waals surface area (Å²) in [5, 5.41) is 17.1. The van der Waals surface area contributed by atoms with Crippen LogP contribution in [0.4, 0.5) is 0 Å². The van der Waals surface area contributed by atoms with Crippen LogP contribution in [0.25, 0.3) is 11.3 Å². The van der Waals surface area contributed by atoms with Crippen molar-refractivity contribution < 1.29 is 44.5 Å². The van der Waals surface area contributed by atoms with Gasteiger partial charge in [0.2, 0.25) is 0 Å². The Morgan fingerprint density at radius 1 is 0.784 bits per heavy atom. The van der Waals surface area contributed by atoms with Crippen LogP contribution in [0, 0.1) is 0 Å². The number of nitrogens with zero attached hydrogens (tertiary/aromatic N) is 8. The summed E-state index contributed by atoms with van der Waals surface area (Å²) in [6.07, 6.45) is 22.1. The summed E-state index contributed by atoms with van der Waals surface area (Å²) in [7, 11) is 0. The number of hydrogen-bond acceptors (Lipinski definition) is 8. The van der Waals surface area contributed by atoms with Crippen molar-refractivity contribution in [2.45, 2.75) is 70.4 Å². The summed E-state index contributed by atoms with van der Waals surface area (Å²) in [4.78, 5) is 31.6. The van der Waals surface area contributed by atoms with E-state index in [9.17, 15) is 9.59 Å². The first-order valence-corrected chi connectivity index (χ1v) is 16.9. The third-order valence-corrected chi connectivity index (χ3v) is 8.65. The van der Waals surface area contributed by atoms with E-state index >= 15 is 0 Å². The number of esters is 1. The van der Waals surface area contributed by atoms with E-state index in [0.29, 0.717) is 31.2 Å². The fourth-order valence-corrected chi connectivity index (χ4v) is 5.76. The molecule has 262 valence electrons. The zero-order valence-corrected chi connectivity index (χ0v) is 28.5. The number of carbonyl (C=O) groups is 2. The number of fused-ring (bicyclic) bond motifs is 2. The maximum Gasteiger partial charge on any atom is 1.00 e. The van der Waals surface area contributed by atoms with E-state index in [1.807, 2.05) is 22.9 Å².